The Labute approximate surface area is 237 Å². The molecule has 0 aliphatic heterocycles. The van der Waals surface area contributed by atoms with Gasteiger partial charge in [-0.15, -0.1) is 0 Å². The van der Waals surface area contributed by atoms with Gasteiger partial charge >= 0.3 is 0 Å². The lowest BCUT2D eigenvalue weighted by Crippen LogP contribution is -2.51. The average Bonchev–Trinajstić information content (AvgIpc) is 2.91. The van der Waals surface area contributed by atoms with Crippen LogP contribution in [0.25, 0.3) is 0 Å². The number of ether oxygens (including phenoxy) is 1. The smallest absolute Gasteiger partial charge is 0.243 e. The highest BCUT2D eigenvalue weighted by Crippen LogP contribution is 2.30. The van der Waals surface area contributed by atoms with Crippen LogP contribution in [0.5, 0.6) is 5.75 Å². The molecule has 0 saturated heterocycles. The fraction of sp³-hybridized carbons (Fsp3) is 0.517. The summed E-state index contributed by atoms with van der Waals surface area (Å²) < 4.78 is 31.6. The summed E-state index contributed by atoms with van der Waals surface area (Å²) in [4.78, 5) is 28.6. The van der Waals surface area contributed by atoms with Crippen molar-refractivity contribution in [3.63, 3.8) is 0 Å². The summed E-state index contributed by atoms with van der Waals surface area (Å²) >= 11 is 6.23. The third-order valence-electron chi connectivity index (χ3n) is 7.11. The number of sulfonamides is 1. The number of nitrogens with one attached hydrogen (secondary N) is 1. The molecule has 2 amide bonds. The van der Waals surface area contributed by atoms with Crippen molar-refractivity contribution in [1.82, 2.24) is 10.2 Å². The van der Waals surface area contributed by atoms with Crippen LogP contribution in [0.4, 0.5) is 5.69 Å². The third-order valence-corrected chi connectivity index (χ3v) is 8.60. The van der Waals surface area contributed by atoms with Gasteiger partial charge < -0.3 is 15.0 Å². The molecule has 0 aromatic heterocycles. The molecule has 0 spiro atoms. The zero-order chi connectivity index (χ0) is 28.4. The van der Waals surface area contributed by atoms with E-state index in [1.165, 1.54) is 23.9 Å². The minimum Gasteiger partial charge on any atom is -0.495 e. The molecular formula is C29H40ClN3O5S. The van der Waals surface area contributed by atoms with E-state index >= 15 is 0 Å². The summed E-state index contributed by atoms with van der Waals surface area (Å²) in [5.74, 6) is 0.128. The van der Waals surface area contributed by atoms with E-state index in [0.29, 0.717) is 29.4 Å². The van der Waals surface area contributed by atoms with Gasteiger partial charge in [0.2, 0.25) is 21.8 Å². The zero-order valence-corrected chi connectivity index (χ0v) is 24.6. The highest BCUT2D eigenvalue weighted by molar-refractivity contribution is 7.92. The SMILES string of the molecule is CC[C@@H](C(=O)NC1CCCCC1)N(Cc1ccccc1)C(=O)CCCN(c1ccc(OC)c(Cl)c1)S(C)(=O)=O. The number of amides is 2. The molecule has 0 unspecified atom stereocenters. The van der Waals surface area contributed by atoms with E-state index in [1.54, 1.807) is 17.0 Å². The van der Waals surface area contributed by atoms with E-state index in [4.69, 9.17) is 16.3 Å². The molecule has 1 fully saturated rings. The quantitative estimate of drug-likeness (QED) is 0.355. The summed E-state index contributed by atoms with van der Waals surface area (Å²) in [6.07, 6.45) is 7.30. The maximum atomic E-state index is 13.6. The monoisotopic (exact) mass is 577 g/mol. The van der Waals surface area contributed by atoms with Crippen molar-refractivity contribution in [2.45, 2.75) is 76.9 Å². The predicted molar refractivity (Wildman–Crippen MR) is 156 cm³/mol. The molecule has 1 aliphatic rings. The minimum atomic E-state index is -3.63. The van der Waals surface area contributed by atoms with Gasteiger partial charge in [0.1, 0.15) is 11.8 Å². The van der Waals surface area contributed by atoms with Gasteiger partial charge in [-0.2, -0.15) is 0 Å². The number of methoxy groups -OCH3 is 1. The molecule has 10 heteroatoms. The molecule has 214 valence electrons. The molecule has 1 N–H and O–H groups in total. The highest BCUT2D eigenvalue weighted by atomic mass is 35.5. The fourth-order valence-electron chi connectivity index (χ4n) is 5.06. The number of rotatable bonds is 13. The van der Waals surface area contributed by atoms with E-state index in [0.717, 1.165) is 37.5 Å². The van der Waals surface area contributed by atoms with Crippen LogP contribution in [0.2, 0.25) is 5.02 Å². The molecule has 39 heavy (non-hydrogen) atoms. The Morgan fingerprint density at radius 1 is 1.10 bits per heavy atom. The third kappa shape index (κ3) is 8.86. The molecule has 2 aromatic carbocycles. The Bertz CT molecular complexity index is 1200. The molecular weight excluding hydrogens is 538 g/mol. The second kappa shape index (κ2) is 14.6. The molecule has 0 radical (unpaired) electrons. The summed E-state index contributed by atoms with van der Waals surface area (Å²) in [6.45, 7) is 2.31. The van der Waals surface area contributed by atoms with Gasteiger partial charge in [0.25, 0.3) is 0 Å². The number of halogens is 1. The summed E-state index contributed by atoms with van der Waals surface area (Å²) in [6, 6.07) is 13.9. The van der Waals surface area contributed by atoms with Gasteiger partial charge in [0, 0.05) is 25.6 Å². The van der Waals surface area contributed by atoms with Crippen LogP contribution < -0.4 is 14.4 Å². The van der Waals surface area contributed by atoms with Crippen LogP contribution in [0.15, 0.2) is 48.5 Å². The Morgan fingerprint density at radius 3 is 2.38 bits per heavy atom. The van der Waals surface area contributed by atoms with E-state index in [2.05, 4.69) is 5.32 Å². The molecule has 8 nitrogen and oxygen atoms in total. The van der Waals surface area contributed by atoms with Gasteiger partial charge in [0.15, 0.2) is 0 Å². The minimum absolute atomic E-state index is 0.0932. The van der Waals surface area contributed by atoms with Gasteiger partial charge in [0.05, 0.1) is 24.1 Å². The topological polar surface area (TPSA) is 96.0 Å². The molecule has 1 atom stereocenters. The number of benzene rings is 2. The van der Waals surface area contributed by atoms with E-state index in [1.807, 2.05) is 37.3 Å². The number of hydrogen-bond acceptors (Lipinski definition) is 5. The van der Waals surface area contributed by atoms with Crippen LogP contribution in [0, 0.1) is 0 Å². The molecule has 1 aliphatic carbocycles. The lowest BCUT2D eigenvalue weighted by atomic mass is 9.95. The number of carbonyl (C=O) groups excluding carboxylic acids is 2. The number of hydrogen-bond donors (Lipinski definition) is 1. The van der Waals surface area contributed by atoms with Crippen LogP contribution in [-0.2, 0) is 26.2 Å². The Balaban J connectivity index is 1.74. The van der Waals surface area contributed by atoms with Crippen molar-refractivity contribution < 1.29 is 22.7 Å². The van der Waals surface area contributed by atoms with Crippen LogP contribution in [-0.4, -0.2) is 57.1 Å². The summed E-state index contributed by atoms with van der Waals surface area (Å²) in [5.41, 5.74) is 1.33. The Hall–Kier alpha value is -2.78. The van der Waals surface area contributed by atoms with Crippen molar-refractivity contribution in [2.75, 3.05) is 24.2 Å². The van der Waals surface area contributed by atoms with Crippen LogP contribution >= 0.6 is 11.6 Å². The number of anilines is 1. The van der Waals surface area contributed by atoms with Gasteiger partial charge in [-0.25, -0.2) is 8.42 Å². The number of nitrogens with zero attached hydrogens (tertiary/aromatic N) is 2. The largest absolute Gasteiger partial charge is 0.495 e. The second-order valence-electron chi connectivity index (χ2n) is 10.0. The van der Waals surface area contributed by atoms with Crippen molar-refractivity contribution in [3.8, 4) is 5.75 Å². The van der Waals surface area contributed by atoms with E-state index in [-0.39, 0.29) is 37.2 Å². The first-order valence-electron chi connectivity index (χ1n) is 13.6. The van der Waals surface area contributed by atoms with Crippen molar-refractivity contribution >= 4 is 39.1 Å². The Kier molecular flexibility index (Phi) is 11.5. The molecule has 3 rings (SSSR count). The first kappa shape index (κ1) is 30.8. The van der Waals surface area contributed by atoms with Crippen molar-refractivity contribution in [1.29, 1.82) is 0 Å². The molecule has 2 aromatic rings. The first-order chi connectivity index (χ1) is 18.6. The Morgan fingerprint density at radius 2 is 1.79 bits per heavy atom. The van der Waals surface area contributed by atoms with Gasteiger partial charge in [-0.05, 0) is 49.4 Å². The molecule has 1 saturated carbocycles. The predicted octanol–water partition coefficient (Wildman–Crippen LogP) is 5.15. The second-order valence-corrected chi connectivity index (χ2v) is 12.3. The molecule has 0 heterocycles. The van der Waals surface area contributed by atoms with Crippen molar-refractivity contribution in [3.05, 3.63) is 59.1 Å². The van der Waals surface area contributed by atoms with E-state index in [9.17, 15) is 18.0 Å². The standard InChI is InChI=1S/C29H40ClN3O5S/c1-4-26(29(35)31-23-14-9-6-10-15-23)32(21-22-12-7-5-8-13-22)28(34)16-11-19-33(39(3,36)37)24-17-18-27(38-2)25(30)20-24/h5,7-8,12-13,17-18,20,23,26H,4,6,9-11,14-16,19,21H2,1-3H3,(H,31,35)/t26-/m0/s1. The summed E-state index contributed by atoms with van der Waals surface area (Å²) in [5, 5.41) is 3.47. The fourth-order valence-corrected chi connectivity index (χ4v) is 6.27. The van der Waals surface area contributed by atoms with Crippen LogP contribution in [0.3, 0.4) is 0 Å². The summed E-state index contributed by atoms with van der Waals surface area (Å²) in [7, 11) is -2.14. The molecule has 0 bridgehead atoms. The maximum Gasteiger partial charge on any atom is 0.243 e. The number of carbonyl (C=O) groups is 2. The normalized spacial score (nSPS) is 14.9. The lowest BCUT2D eigenvalue weighted by molar-refractivity contribution is -0.141. The highest BCUT2D eigenvalue weighted by Gasteiger charge is 2.30. The zero-order valence-electron chi connectivity index (χ0n) is 23.1. The first-order valence-corrected chi connectivity index (χ1v) is 15.8. The van der Waals surface area contributed by atoms with Gasteiger partial charge in [-0.3, -0.25) is 13.9 Å². The maximum absolute atomic E-state index is 13.6. The van der Waals surface area contributed by atoms with E-state index < -0.39 is 16.1 Å². The van der Waals surface area contributed by atoms with Gasteiger partial charge in [-0.1, -0.05) is 68.1 Å². The van der Waals surface area contributed by atoms with Crippen LogP contribution in [0.1, 0.15) is 63.9 Å². The average molecular weight is 578 g/mol. The lowest BCUT2D eigenvalue weighted by Gasteiger charge is -2.33. The van der Waals surface area contributed by atoms with Crippen molar-refractivity contribution in [2.24, 2.45) is 0 Å².